The maximum Gasteiger partial charge on any atom is 0.256 e. The number of thiophene rings is 1. The highest BCUT2D eigenvalue weighted by Crippen LogP contribution is 2.36. The number of rotatable bonds is 3. The van der Waals surface area contributed by atoms with Gasteiger partial charge in [-0.2, -0.15) is 5.10 Å². The summed E-state index contributed by atoms with van der Waals surface area (Å²) in [6, 6.07) is 7.19. The zero-order valence-electron chi connectivity index (χ0n) is 12.5. The molecule has 0 aliphatic carbocycles. The molecular formula is C16H11FN4O2S. The third-order valence-corrected chi connectivity index (χ3v) is 4.54. The standard InChI is InChI=1S/C16H11FN4O2S/c1-8-7-18-16(23-8)12-6-11-13(24-12)14(21-20-11)19-15(22)9-2-4-10(17)5-3-9/h2-7H,1H3,(H2,19,20,21,22). The molecule has 1 aromatic carbocycles. The van der Waals surface area contributed by atoms with Crippen LogP contribution in [0.15, 0.2) is 40.9 Å². The van der Waals surface area contributed by atoms with Crippen LogP contribution in [-0.4, -0.2) is 21.1 Å². The molecule has 0 aliphatic heterocycles. The summed E-state index contributed by atoms with van der Waals surface area (Å²) in [6.07, 6.45) is 1.65. The van der Waals surface area contributed by atoms with E-state index < -0.39 is 5.82 Å². The zero-order chi connectivity index (χ0) is 16.7. The Morgan fingerprint density at radius 3 is 2.83 bits per heavy atom. The minimum atomic E-state index is -0.391. The van der Waals surface area contributed by atoms with Crippen LogP contribution in [0.25, 0.3) is 21.0 Å². The number of amides is 1. The third-order valence-electron chi connectivity index (χ3n) is 3.41. The number of nitrogens with zero attached hydrogens (tertiary/aromatic N) is 2. The fourth-order valence-electron chi connectivity index (χ4n) is 2.26. The van der Waals surface area contributed by atoms with Crippen molar-refractivity contribution in [3.63, 3.8) is 0 Å². The van der Waals surface area contributed by atoms with E-state index in [1.165, 1.54) is 35.6 Å². The summed E-state index contributed by atoms with van der Waals surface area (Å²) in [5.41, 5.74) is 1.13. The van der Waals surface area contributed by atoms with E-state index in [0.29, 0.717) is 17.3 Å². The number of nitrogens with one attached hydrogen (secondary N) is 2. The van der Waals surface area contributed by atoms with Crippen LogP contribution in [0.5, 0.6) is 0 Å². The van der Waals surface area contributed by atoms with Gasteiger partial charge in [-0.05, 0) is 37.3 Å². The smallest absolute Gasteiger partial charge is 0.256 e. The second-order valence-electron chi connectivity index (χ2n) is 5.16. The Bertz CT molecular complexity index is 1030. The van der Waals surface area contributed by atoms with Gasteiger partial charge in [0.1, 0.15) is 11.6 Å². The Labute approximate surface area is 139 Å². The molecule has 0 saturated heterocycles. The maximum atomic E-state index is 12.9. The average Bonchev–Trinajstić information content (AvgIpc) is 3.25. The van der Waals surface area contributed by atoms with Crippen LogP contribution in [0.4, 0.5) is 10.2 Å². The molecule has 4 rings (SSSR count). The molecule has 8 heteroatoms. The van der Waals surface area contributed by atoms with Crippen molar-refractivity contribution in [2.75, 3.05) is 5.32 Å². The lowest BCUT2D eigenvalue weighted by Crippen LogP contribution is -2.12. The summed E-state index contributed by atoms with van der Waals surface area (Å²) in [4.78, 5) is 17.3. The molecule has 0 unspecified atom stereocenters. The molecule has 0 fully saturated rings. The molecule has 2 N–H and O–H groups in total. The molecule has 120 valence electrons. The van der Waals surface area contributed by atoms with Gasteiger partial charge in [0.05, 0.1) is 21.3 Å². The Morgan fingerprint density at radius 2 is 2.12 bits per heavy atom. The van der Waals surface area contributed by atoms with Crippen LogP contribution < -0.4 is 5.32 Å². The number of halogens is 1. The second kappa shape index (κ2) is 5.57. The van der Waals surface area contributed by atoms with E-state index in [1.54, 1.807) is 6.20 Å². The summed E-state index contributed by atoms with van der Waals surface area (Å²) in [5.74, 6) is 0.921. The van der Waals surface area contributed by atoms with E-state index in [-0.39, 0.29) is 5.91 Å². The van der Waals surface area contributed by atoms with E-state index in [0.717, 1.165) is 20.9 Å². The predicted molar refractivity (Wildman–Crippen MR) is 88.6 cm³/mol. The predicted octanol–water partition coefficient (Wildman–Crippen LogP) is 3.98. The fourth-order valence-corrected chi connectivity index (χ4v) is 3.24. The molecule has 3 aromatic heterocycles. The summed E-state index contributed by atoms with van der Waals surface area (Å²) < 4.78 is 19.2. The van der Waals surface area contributed by atoms with Crippen molar-refractivity contribution in [1.29, 1.82) is 0 Å². The summed E-state index contributed by atoms with van der Waals surface area (Å²) >= 11 is 1.41. The molecule has 0 radical (unpaired) electrons. The Kier molecular flexibility index (Phi) is 3.39. The Balaban J connectivity index is 1.63. The van der Waals surface area contributed by atoms with Gasteiger partial charge in [-0.25, -0.2) is 9.37 Å². The minimum Gasteiger partial charge on any atom is -0.441 e. The normalized spacial score (nSPS) is 11.1. The number of aromatic amines is 1. The van der Waals surface area contributed by atoms with Crippen molar-refractivity contribution in [2.45, 2.75) is 6.92 Å². The third kappa shape index (κ3) is 2.56. The molecule has 0 atom stereocenters. The number of aromatic nitrogens is 3. The molecule has 24 heavy (non-hydrogen) atoms. The van der Waals surface area contributed by atoms with Gasteiger partial charge in [0.2, 0.25) is 5.89 Å². The lowest BCUT2D eigenvalue weighted by molar-refractivity contribution is 0.102. The highest BCUT2D eigenvalue weighted by Gasteiger charge is 2.16. The fraction of sp³-hybridized carbons (Fsp3) is 0.0625. The van der Waals surface area contributed by atoms with E-state index >= 15 is 0 Å². The molecule has 0 spiro atoms. The second-order valence-corrected chi connectivity index (χ2v) is 6.21. The summed E-state index contributed by atoms with van der Waals surface area (Å²) in [6.45, 7) is 1.83. The van der Waals surface area contributed by atoms with Crippen molar-refractivity contribution in [3.05, 3.63) is 53.7 Å². The number of hydrogen-bond acceptors (Lipinski definition) is 5. The van der Waals surface area contributed by atoms with Gasteiger partial charge >= 0.3 is 0 Å². The number of H-pyrrole nitrogens is 1. The molecule has 1 amide bonds. The van der Waals surface area contributed by atoms with Crippen LogP contribution in [-0.2, 0) is 0 Å². The molecular weight excluding hydrogens is 331 g/mol. The van der Waals surface area contributed by atoms with Crippen molar-refractivity contribution in [1.82, 2.24) is 15.2 Å². The van der Waals surface area contributed by atoms with Crippen LogP contribution in [0.3, 0.4) is 0 Å². The number of oxazole rings is 1. The number of carbonyl (C=O) groups excluding carboxylic acids is 1. The van der Waals surface area contributed by atoms with Crippen molar-refractivity contribution in [2.24, 2.45) is 0 Å². The first kappa shape index (κ1) is 14.6. The highest BCUT2D eigenvalue weighted by molar-refractivity contribution is 7.22. The molecule has 0 bridgehead atoms. The van der Waals surface area contributed by atoms with Crippen LogP contribution >= 0.6 is 11.3 Å². The number of aryl methyl sites for hydroxylation is 1. The Hall–Kier alpha value is -3.00. The van der Waals surface area contributed by atoms with E-state index in [1.807, 2.05) is 13.0 Å². The summed E-state index contributed by atoms with van der Waals surface area (Å²) in [5, 5.41) is 9.70. The van der Waals surface area contributed by atoms with E-state index in [2.05, 4.69) is 20.5 Å². The quantitative estimate of drug-likeness (QED) is 0.590. The number of fused-ring (bicyclic) bond motifs is 1. The van der Waals surface area contributed by atoms with Crippen molar-refractivity contribution >= 4 is 33.3 Å². The Morgan fingerprint density at radius 1 is 1.33 bits per heavy atom. The molecule has 6 nitrogen and oxygen atoms in total. The van der Waals surface area contributed by atoms with Crippen LogP contribution in [0, 0.1) is 12.7 Å². The number of anilines is 1. The lowest BCUT2D eigenvalue weighted by atomic mass is 10.2. The molecule has 0 saturated carbocycles. The lowest BCUT2D eigenvalue weighted by Gasteiger charge is -2.01. The van der Waals surface area contributed by atoms with Crippen LogP contribution in [0.2, 0.25) is 0 Å². The van der Waals surface area contributed by atoms with Gasteiger partial charge in [-0.3, -0.25) is 9.89 Å². The van der Waals surface area contributed by atoms with Gasteiger partial charge in [0.25, 0.3) is 5.91 Å². The maximum absolute atomic E-state index is 12.9. The number of hydrogen-bond donors (Lipinski definition) is 2. The minimum absolute atomic E-state index is 0.354. The first-order chi connectivity index (χ1) is 11.6. The molecule has 3 heterocycles. The SMILES string of the molecule is Cc1cnc(-c2cc3[nH]nc(NC(=O)c4ccc(F)cc4)c3s2)o1. The number of benzene rings is 1. The monoisotopic (exact) mass is 342 g/mol. The first-order valence-electron chi connectivity index (χ1n) is 7.08. The first-order valence-corrected chi connectivity index (χ1v) is 7.89. The van der Waals surface area contributed by atoms with E-state index in [9.17, 15) is 9.18 Å². The van der Waals surface area contributed by atoms with Crippen molar-refractivity contribution in [3.8, 4) is 10.8 Å². The molecule has 0 aliphatic rings. The topological polar surface area (TPSA) is 83.8 Å². The van der Waals surface area contributed by atoms with Crippen LogP contribution in [0.1, 0.15) is 16.1 Å². The zero-order valence-corrected chi connectivity index (χ0v) is 13.3. The largest absolute Gasteiger partial charge is 0.441 e. The van der Waals surface area contributed by atoms with Crippen molar-refractivity contribution < 1.29 is 13.6 Å². The average molecular weight is 342 g/mol. The number of carbonyl (C=O) groups is 1. The van der Waals surface area contributed by atoms with Gasteiger partial charge in [-0.15, -0.1) is 11.3 Å². The van der Waals surface area contributed by atoms with Gasteiger partial charge < -0.3 is 9.73 Å². The summed E-state index contributed by atoms with van der Waals surface area (Å²) in [7, 11) is 0. The van der Waals surface area contributed by atoms with Gasteiger partial charge in [-0.1, -0.05) is 0 Å². The highest BCUT2D eigenvalue weighted by atomic mass is 32.1. The van der Waals surface area contributed by atoms with Gasteiger partial charge in [0, 0.05) is 5.56 Å². The molecule has 4 aromatic rings. The van der Waals surface area contributed by atoms with Gasteiger partial charge in [0.15, 0.2) is 5.82 Å². The van der Waals surface area contributed by atoms with E-state index in [4.69, 9.17) is 4.42 Å².